The molecule has 190 valence electrons. The summed E-state index contributed by atoms with van der Waals surface area (Å²) in [5.74, 6) is -0.933. The van der Waals surface area contributed by atoms with E-state index in [4.69, 9.17) is 4.74 Å². The molecule has 2 aromatic rings. The number of hydrogen-bond acceptors (Lipinski definition) is 7. The molecule has 1 saturated carbocycles. The third-order valence-corrected chi connectivity index (χ3v) is 9.08. The molecular weight excluding hydrogens is 493 g/mol. The number of aromatic nitrogens is 1. The molecule has 1 saturated heterocycles. The van der Waals surface area contributed by atoms with Gasteiger partial charge in [0.05, 0.1) is 22.3 Å². The van der Waals surface area contributed by atoms with Gasteiger partial charge < -0.3 is 15.0 Å². The van der Waals surface area contributed by atoms with Crippen molar-refractivity contribution in [3.63, 3.8) is 0 Å². The second-order valence-corrected chi connectivity index (χ2v) is 13.4. The van der Waals surface area contributed by atoms with Crippen LogP contribution in [-0.2, 0) is 19.4 Å². The Morgan fingerprint density at radius 1 is 1.23 bits per heavy atom. The number of rotatable bonds is 7. The number of anilines is 1. The predicted molar refractivity (Wildman–Crippen MR) is 131 cm³/mol. The van der Waals surface area contributed by atoms with E-state index in [9.17, 15) is 22.4 Å². The van der Waals surface area contributed by atoms with E-state index in [1.54, 1.807) is 29.2 Å². The molecule has 2 heterocycles. The van der Waals surface area contributed by atoms with E-state index in [2.05, 4.69) is 10.3 Å². The van der Waals surface area contributed by atoms with Gasteiger partial charge in [-0.15, -0.1) is 0 Å². The Labute approximate surface area is 208 Å². The molecule has 1 N–H and O–H groups in total. The first kappa shape index (κ1) is 25.6. The number of carbonyl (C=O) groups excluding carboxylic acids is 2. The molecule has 0 unspecified atom stereocenters. The van der Waals surface area contributed by atoms with Gasteiger partial charge in [0.25, 0.3) is 0 Å². The van der Waals surface area contributed by atoms with Crippen LogP contribution in [0.2, 0.25) is 0 Å². The van der Waals surface area contributed by atoms with Gasteiger partial charge in [-0.05, 0) is 70.1 Å². The van der Waals surface area contributed by atoms with Crippen molar-refractivity contribution in [1.29, 1.82) is 0 Å². The molecule has 2 aliphatic rings. The lowest BCUT2D eigenvalue weighted by Crippen LogP contribution is -2.35. The predicted octanol–water partition coefficient (Wildman–Crippen LogP) is 4.59. The van der Waals surface area contributed by atoms with Gasteiger partial charge in [0.15, 0.2) is 20.1 Å². The molecule has 2 atom stereocenters. The molecule has 1 aliphatic carbocycles. The molecule has 2 fully saturated rings. The third-order valence-electron chi connectivity index (χ3n) is 6.10. The van der Waals surface area contributed by atoms with Crippen molar-refractivity contribution < 1.29 is 27.1 Å². The van der Waals surface area contributed by atoms with Crippen molar-refractivity contribution in [2.24, 2.45) is 5.92 Å². The van der Waals surface area contributed by atoms with Crippen LogP contribution < -0.4 is 5.32 Å². The number of nitrogens with zero attached hydrogens (tertiary/aromatic N) is 2. The van der Waals surface area contributed by atoms with E-state index in [1.807, 2.05) is 20.8 Å². The Morgan fingerprint density at radius 3 is 2.49 bits per heavy atom. The van der Waals surface area contributed by atoms with Gasteiger partial charge in [-0.25, -0.2) is 18.2 Å². The average molecular weight is 524 g/mol. The van der Waals surface area contributed by atoms with E-state index in [0.717, 1.165) is 17.5 Å². The van der Waals surface area contributed by atoms with Gasteiger partial charge in [0.2, 0.25) is 5.91 Å². The maximum absolute atomic E-state index is 13.4. The maximum Gasteiger partial charge on any atom is 0.410 e. The number of thiazole rings is 1. The fourth-order valence-electron chi connectivity index (χ4n) is 4.21. The topological polar surface area (TPSA) is 106 Å². The summed E-state index contributed by atoms with van der Waals surface area (Å²) in [5, 5.41) is 2.02. The molecule has 35 heavy (non-hydrogen) atoms. The fraction of sp³-hybridized carbons (Fsp3) is 0.542. The zero-order chi connectivity index (χ0) is 25.4. The molecule has 8 nitrogen and oxygen atoms in total. The molecule has 1 aromatic carbocycles. The minimum atomic E-state index is -3.34. The quantitative estimate of drug-likeness (QED) is 0.569. The first-order chi connectivity index (χ1) is 16.4. The standard InChI is InChI=1S/C24H30FN3O5S2/c1-24(2,3)33-23(30)28-11-10-15(14-28)12-19(21(29)27-22-26-13-20(25)34-22)16-4-6-17(7-5-16)35(31,32)18-8-9-18/h4-7,13,15,18-19H,8-12,14H2,1-3H3,(H,26,27,29)/t15-,19-/m1/s1. The zero-order valence-corrected chi connectivity index (χ0v) is 21.6. The van der Waals surface area contributed by atoms with Crippen LogP contribution in [-0.4, -0.2) is 54.2 Å². The lowest BCUT2D eigenvalue weighted by atomic mass is 9.87. The van der Waals surface area contributed by atoms with Crippen LogP contribution >= 0.6 is 11.3 Å². The number of nitrogens with one attached hydrogen (secondary N) is 1. The minimum Gasteiger partial charge on any atom is -0.444 e. The SMILES string of the molecule is CC(C)(C)OC(=O)N1CC[C@H](C[C@@H](C(=O)Nc2ncc(F)s2)c2ccc(S(=O)(=O)C3CC3)cc2)C1. The number of sulfone groups is 1. The van der Waals surface area contributed by atoms with Gasteiger partial charge in [-0.1, -0.05) is 23.5 Å². The molecule has 0 radical (unpaired) electrons. The van der Waals surface area contributed by atoms with E-state index >= 15 is 0 Å². The van der Waals surface area contributed by atoms with Gasteiger partial charge in [0, 0.05) is 13.1 Å². The van der Waals surface area contributed by atoms with Crippen molar-refractivity contribution in [3.8, 4) is 0 Å². The van der Waals surface area contributed by atoms with Crippen LogP contribution in [0.4, 0.5) is 14.3 Å². The Balaban J connectivity index is 1.51. The van der Waals surface area contributed by atoms with Crippen LogP contribution in [0.5, 0.6) is 0 Å². The molecule has 0 spiro atoms. The smallest absolute Gasteiger partial charge is 0.410 e. The highest BCUT2D eigenvalue weighted by atomic mass is 32.2. The van der Waals surface area contributed by atoms with E-state index in [-0.39, 0.29) is 33.2 Å². The molecular formula is C24H30FN3O5S2. The zero-order valence-electron chi connectivity index (χ0n) is 20.0. The first-order valence-electron chi connectivity index (χ1n) is 11.7. The number of halogens is 1. The Hall–Kier alpha value is -2.53. The summed E-state index contributed by atoms with van der Waals surface area (Å²) < 4.78 is 44.0. The number of amides is 2. The summed E-state index contributed by atoms with van der Waals surface area (Å²) in [6.07, 6.45) is 3.16. The molecule has 0 bridgehead atoms. The second-order valence-electron chi connectivity index (χ2n) is 10.1. The Bertz CT molecular complexity index is 1190. The second kappa shape index (κ2) is 9.85. The van der Waals surface area contributed by atoms with E-state index in [0.29, 0.717) is 44.3 Å². The van der Waals surface area contributed by atoms with Crippen LogP contribution in [0, 0.1) is 11.0 Å². The van der Waals surface area contributed by atoms with Gasteiger partial charge in [0.1, 0.15) is 5.60 Å². The molecule has 4 rings (SSSR count). The number of hydrogen-bond donors (Lipinski definition) is 1. The number of likely N-dealkylation sites (tertiary alicyclic amines) is 1. The van der Waals surface area contributed by atoms with E-state index < -0.39 is 26.5 Å². The van der Waals surface area contributed by atoms with Crippen molar-refractivity contribution in [1.82, 2.24) is 9.88 Å². The minimum absolute atomic E-state index is 0.0428. The highest BCUT2D eigenvalue weighted by molar-refractivity contribution is 7.92. The number of ether oxygens (including phenoxy) is 1. The fourth-order valence-corrected chi connectivity index (χ4v) is 6.41. The summed E-state index contributed by atoms with van der Waals surface area (Å²) in [4.78, 5) is 31.4. The molecule has 2 amide bonds. The monoisotopic (exact) mass is 523 g/mol. The summed E-state index contributed by atoms with van der Waals surface area (Å²) in [6, 6.07) is 6.44. The Morgan fingerprint density at radius 2 is 1.91 bits per heavy atom. The largest absolute Gasteiger partial charge is 0.444 e. The third kappa shape index (κ3) is 6.38. The maximum atomic E-state index is 13.4. The average Bonchev–Trinajstić information content (AvgIpc) is 3.41. The van der Waals surface area contributed by atoms with Crippen LogP contribution in [0.15, 0.2) is 35.4 Å². The summed E-state index contributed by atoms with van der Waals surface area (Å²) in [6.45, 7) is 6.43. The lowest BCUT2D eigenvalue weighted by molar-refractivity contribution is -0.118. The van der Waals surface area contributed by atoms with Crippen LogP contribution in [0.1, 0.15) is 57.9 Å². The van der Waals surface area contributed by atoms with Crippen molar-refractivity contribution >= 4 is 38.3 Å². The highest BCUT2D eigenvalue weighted by Crippen LogP contribution is 2.35. The first-order valence-corrected chi connectivity index (χ1v) is 14.0. The Kier molecular flexibility index (Phi) is 7.19. The molecule has 1 aliphatic heterocycles. The normalized spacial score (nSPS) is 19.4. The number of benzene rings is 1. The van der Waals surface area contributed by atoms with Crippen LogP contribution in [0.3, 0.4) is 0 Å². The summed E-state index contributed by atoms with van der Waals surface area (Å²) in [7, 11) is -3.34. The highest BCUT2D eigenvalue weighted by Gasteiger charge is 2.37. The molecule has 11 heteroatoms. The number of carbonyl (C=O) groups is 2. The van der Waals surface area contributed by atoms with Crippen molar-refractivity contribution in [2.75, 3.05) is 18.4 Å². The van der Waals surface area contributed by atoms with E-state index in [1.165, 1.54) is 0 Å². The summed E-state index contributed by atoms with van der Waals surface area (Å²) in [5.41, 5.74) is 0.0633. The van der Waals surface area contributed by atoms with Crippen molar-refractivity contribution in [3.05, 3.63) is 41.2 Å². The molecule has 1 aromatic heterocycles. The summed E-state index contributed by atoms with van der Waals surface area (Å²) >= 11 is 0.738. The van der Waals surface area contributed by atoms with Gasteiger partial charge >= 0.3 is 6.09 Å². The van der Waals surface area contributed by atoms with Crippen molar-refractivity contribution in [2.45, 2.75) is 68.1 Å². The van der Waals surface area contributed by atoms with Gasteiger partial charge in [-0.3, -0.25) is 4.79 Å². The lowest BCUT2D eigenvalue weighted by Gasteiger charge is -2.25. The van der Waals surface area contributed by atoms with Crippen LogP contribution in [0.25, 0.3) is 0 Å². The van der Waals surface area contributed by atoms with Gasteiger partial charge in [-0.2, -0.15) is 4.39 Å².